The van der Waals surface area contributed by atoms with E-state index in [1.54, 1.807) is 0 Å². The van der Waals surface area contributed by atoms with Crippen LogP contribution in [-0.2, 0) is 30.5 Å². The van der Waals surface area contributed by atoms with Gasteiger partial charge in [-0.1, -0.05) is 23.7 Å². The van der Waals surface area contributed by atoms with Crippen LogP contribution in [0.5, 0.6) is 0 Å². The van der Waals surface area contributed by atoms with Crippen molar-refractivity contribution in [3.05, 3.63) is 70.9 Å². The van der Waals surface area contributed by atoms with E-state index in [1.807, 2.05) is 0 Å². The summed E-state index contributed by atoms with van der Waals surface area (Å²) in [6.07, 6.45) is -4.55. The zero-order valence-corrected chi connectivity index (χ0v) is 21.0. The van der Waals surface area contributed by atoms with Crippen LogP contribution < -0.4 is 5.32 Å². The molecule has 4 rings (SSSR count). The Labute approximate surface area is 220 Å². The van der Waals surface area contributed by atoms with Crippen molar-refractivity contribution in [1.82, 2.24) is 4.31 Å². The number of hydrogen-bond donors (Lipinski definition) is 1. The van der Waals surface area contributed by atoms with Gasteiger partial charge in [-0.05, 0) is 42.5 Å². The van der Waals surface area contributed by atoms with Gasteiger partial charge < -0.3 is 19.2 Å². The summed E-state index contributed by atoms with van der Waals surface area (Å²) in [4.78, 5) is 24.6. The molecule has 1 amide bonds. The molecule has 202 valence electrons. The third kappa shape index (κ3) is 6.35. The van der Waals surface area contributed by atoms with Gasteiger partial charge in [0.1, 0.15) is 5.76 Å². The van der Waals surface area contributed by atoms with Crippen molar-refractivity contribution in [1.29, 1.82) is 0 Å². The summed E-state index contributed by atoms with van der Waals surface area (Å²) in [5.41, 5.74) is -0.794. The van der Waals surface area contributed by atoms with E-state index < -0.39 is 40.2 Å². The smallest absolute Gasteiger partial charge is 0.416 e. The molecule has 1 N–H and O–H groups in total. The van der Waals surface area contributed by atoms with E-state index in [1.165, 1.54) is 46.8 Å². The van der Waals surface area contributed by atoms with Crippen LogP contribution in [0.3, 0.4) is 0 Å². The molecule has 2 heterocycles. The van der Waals surface area contributed by atoms with E-state index in [0.29, 0.717) is 0 Å². The molecule has 0 radical (unpaired) electrons. The Morgan fingerprint density at radius 2 is 1.79 bits per heavy atom. The first kappa shape index (κ1) is 27.6. The predicted octanol–water partition coefficient (Wildman–Crippen LogP) is 4.44. The third-order valence-corrected chi connectivity index (χ3v) is 7.66. The number of carbonyl (C=O) groups excluding carboxylic acids is 2. The van der Waals surface area contributed by atoms with Crippen molar-refractivity contribution in [2.24, 2.45) is 0 Å². The van der Waals surface area contributed by atoms with Crippen molar-refractivity contribution in [3.63, 3.8) is 0 Å². The highest BCUT2D eigenvalue weighted by atomic mass is 35.5. The average Bonchev–Trinajstić information content (AvgIpc) is 3.39. The molecule has 0 unspecified atom stereocenters. The Morgan fingerprint density at radius 3 is 2.50 bits per heavy atom. The maximum Gasteiger partial charge on any atom is 0.416 e. The minimum absolute atomic E-state index is 0.00224. The number of alkyl halides is 3. The Balaban J connectivity index is 1.38. The van der Waals surface area contributed by atoms with Crippen molar-refractivity contribution < 1.29 is 45.1 Å². The van der Waals surface area contributed by atoms with Crippen LogP contribution in [-0.4, -0.2) is 57.5 Å². The maximum absolute atomic E-state index is 13.0. The summed E-state index contributed by atoms with van der Waals surface area (Å²) in [5, 5.41) is 2.45. The number of hydrogen-bond acceptors (Lipinski definition) is 7. The Morgan fingerprint density at radius 1 is 1.05 bits per heavy atom. The zero-order valence-electron chi connectivity index (χ0n) is 19.5. The van der Waals surface area contributed by atoms with Gasteiger partial charge in [-0.2, -0.15) is 17.5 Å². The van der Waals surface area contributed by atoms with Crippen molar-refractivity contribution >= 4 is 39.2 Å². The quantitative estimate of drug-likeness (QED) is 0.416. The zero-order chi connectivity index (χ0) is 27.5. The van der Waals surface area contributed by atoms with E-state index in [9.17, 15) is 31.2 Å². The molecule has 0 saturated carbocycles. The predicted molar refractivity (Wildman–Crippen MR) is 129 cm³/mol. The fourth-order valence-corrected chi connectivity index (χ4v) is 5.14. The Bertz CT molecular complexity index is 1450. The van der Waals surface area contributed by atoms with Crippen molar-refractivity contribution in [2.75, 3.05) is 38.2 Å². The molecule has 1 fully saturated rings. The van der Waals surface area contributed by atoms with Crippen LogP contribution in [0.2, 0.25) is 5.02 Å². The number of halogens is 4. The van der Waals surface area contributed by atoms with Gasteiger partial charge >= 0.3 is 12.1 Å². The van der Waals surface area contributed by atoms with Crippen molar-refractivity contribution in [2.45, 2.75) is 11.1 Å². The number of morpholine rings is 1. The Kier molecular flexibility index (Phi) is 8.11. The lowest BCUT2D eigenvalue weighted by atomic mass is 10.1. The van der Waals surface area contributed by atoms with Gasteiger partial charge in [-0.3, -0.25) is 4.79 Å². The topological polar surface area (TPSA) is 115 Å². The molecule has 14 heteroatoms. The summed E-state index contributed by atoms with van der Waals surface area (Å²) in [5.74, 6) is -2.18. The van der Waals surface area contributed by atoms with E-state index in [0.717, 1.165) is 12.1 Å². The summed E-state index contributed by atoms with van der Waals surface area (Å²) in [7, 11) is -3.85. The van der Waals surface area contributed by atoms with Gasteiger partial charge in [0, 0.05) is 18.7 Å². The van der Waals surface area contributed by atoms with Crippen LogP contribution in [0, 0.1) is 0 Å². The third-order valence-electron chi connectivity index (χ3n) is 5.44. The lowest BCUT2D eigenvalue weighted by Crippen LogP contribution is -2.40. The molecule has 1 aliphatic heterocycles. The molecular weight excluding hydrogens is 553 g/mol. The molecule has 1 aromatic heterocycles. The van der Waals surface area contributed by atoms with Crippen LogP contribution >= 0.6 is 11.6 Å². The minimum Gasteiger partial charge on any atom is -0.450 e. The monoisotopic (exact) mass is 572 g/mol. The molecule has 38 heavy (non-hydrogen) atoms. The number of sulfonamides is 1. The summed E-state index contributed by atoms with van der Waals surface area (Å²) in [6.45, 7) is 0.128. The highest BCUT2D eigenvalue weighted by Crippen LogP contribution is 2.33. The van der Waals surface area contributed by atoms with E-state index >= 15 is 0 Å². The molecule has 3 aromatic rings. The minimum atomic E-state index is -4.55. The normalized spacial score (nSPS) is 14.7. The second-order valence-electron chi connectivity index (χ2n) is 8.02. The molecule has 0 atom stereocenters. The first-order chi connectivity index (χ1) is 17.9. The fourth-order valence-electron chi connectivity index (χ4n) is 3.54. The molecule has 1 aliphatic rings. The van der Waals surface area contributed by atoms with Gasteiger partial charge in [0.15, 0.2) is 6.61 Å². The lowest BCUT2D eigenvalue weighted by molar-refractivity contribution is -0.137. The van der Waals surface area contributed by atoms with Gasteiger partial charge in [-0.15, -0.1) is 0 Å². The van der Waals surface area contributed by atoms with Crippen LogP contribution in [0.1, 0.15) is 16.1 Å². The number of anilines is 1. The maximum atomic E-state index is 13.0. The second kappa shape index (κ2) is 11.2. The molecule has 9 nitrogen and oxygen atoms in total. The van der Waals surface area contributed by atoms with E-state index in [4.69, 9.17) is 25.5 Å². The number of benzene rings is 2. The second-order valence-corrected chi connectivity index (χ2v) is 10.4. The van der Waals surface area contributed by atoms with E-state index in [-0.39, 0.29) is 59.0 Å². The molecule has 2 aromatic carbocycles. The fraction of sp³-hybridized carbons (Fsp3) is 0.250. The molecular formula is C24H20ClF3N2O7S. The van der Waals surface area contributed by atoms with Gasteiger partial charge in [0.25, 0.3) is 5.91 Å². The van der Waals surface area contributed by atoms with Crippen LogP contribution in [0.4, 0.5) is 18.9 Å². The largest absolute Gasteiger partial charge is 0.450 e. The highest BCUT2D eigenvalue weighted by molar-refractivity contribution is 7.89. The van der Waals surface area contributed by atoms with E-state index in [2.05, 4.69) is 5.32 Å². The number of esters is 1. The first-order valence-electron chi connectivity index (χ1n) is 11.1. The number of amides is 1. The van der Waals surface area contributed by atoms with Crippen LogP contribution in [0.15, 0.2) is 63.9 Å². The molecule has 0 aliphatic carbocycles. The number of nitrogens with zero attached hydrogens (tertiary/aromatic N) is 1. The lowest BCUT2D eigenvalue weighted by Gasteiger charge is -2.26. The number of rotatable bonds is 7. The van der Waals surface area contributed by atoms with Gasteiger partial charge in [-0.25, -0.2) is 13.2 Å². The number of ether oxygens (including phenoxy) is 2. The Hall–Kier alpha value is -3.39. The highest BCUT2D eigenvalue weighted by Gasteiger charge is 2.31. The van der Waals surface area contributed by atoms with Crippen molar-refractivity contribution in [3.8, 4) is 11.3 Å². The number of nitrogens with one attached hydrogen (secondary N) is 1. The van der Waals surface area contributed by atoms with Gasteiger partial charge in [0.05, 0.1) is 34.4 Å². The molecule has 1 saturated heterocycles. The van der Waals surface area contributed by atoms with Gasteiger partial charge in [0.2, 0.25) is 15.8 Å². The average molecular weight is 573 g/mol. The number of carbonyl (C=O) groups is 2. The summed E-state index contributed by atoms with van der Waals surface area (Å²) in [6, 6.07) is 10.7. The standard InChI is InChI=1S/C24H20ClF3N2O7S/c25-18-5-4-17(38(33,34)30-8-10-35-11-9-30)13-19(18)29-22(31)14-36-23(32)21-7-6-20(37-21)15-2-1-3-16(12-15)24(26,27)28/h1-7,12-13H,8-11,14H2,(H,29,31). The SMILES string of the molecule is O=C(COC(=O)c1ccc(-c2cccc(C(F)(F)F)c2)o1)Nc1cc(S(=O)(=O)N2CCOCC2)ccc1Cl. The first-order valence-corrected chi connectivity index (χ1v) is 12.9. The van der Waals surface area contributed by atoms with Crippen LogP contribution in [0.25, 0.3) is 11.3 Å². The molecule has 0 bridgehead atoms. The summed E-state index contributed by atoms with van der Waals surface area (Å²) >= 11 is 6.10. The molecule has 0 spiro atoms. The number of furan rings is 1. The summed E-state index contributed by atoms with van der Waals surface area (Å²) < 4.78 is 81.2.